The Balaban J connectivity index is 0.000000840. The molecule has 2 heterocycles. The van der Waals surface area contributed by atoms with Gasteiger partial charge < -0.3 is 14.2 Å². The number of nitrogens with zero attached hydrogens (tertiary/aromatic N) is 2. The first-order valence-corrected chi connectivity index (χ1v) is 12.9. The van der Waals surface area contributed by atoms with Crippen molar-refractivity contribution in [2.24, 2.45) is 0 Å². The van der Waals surface area contributed by atoms with Crippen molar-refractivity contribution < 1.29 is 23.8 Å². The summed E-state index contributed by atoms with van der Waals surface area (Å²) < 4.78 is 19.9. The first-order chi connectivity index (χ1) is 17.4. The van der Waals surface area contributed by atoms with Gasteiger partial charge in [-0.3, -0.25) is 10.1 Å². The molecule has 0 radical (unpaired) electrons. The molecule has 1 N–H and O–H groups in total. The van der Waals surface area contributed by atoms with Gasteiger partial charge in [0.05, 0.1) is 29.5 Å². The van der Waals surface area contributed by atoms with E-state index in [-0.39, 0.29) is 0 Å². The number of hydrogen-bond donors (Lipinski definition) is 1. The van der Waals surface area contributed by atoms with Crippen LogP contribution in [0.4, 0.5) is 10.5 Å². The molecule has 0 bridgehead atoms. The van der Waals surface area contributed by atoms with Gasteiger partial charge in [-0.05, 0) is 87.0 Å². The number of rotatable bonds is 7. The van der Waals surface area contributed by atoms with E-state index in [1.54, 1.807) is 25.3 Å². The Morgan fingerprint density at radius 2 is 1.89 bits per heavy atom. The molecule has 2 aromatic heterocycles. The Labute approximate surface area is 220 Å². The van der Waals surface area contributed by atoms with Crippen LogP contribution in [0.25, 0.3) is 10.4 Å². The lowest BCUT2D eigenvalue weighted by Gasteiger charge is -2.23. The van der Waals surface area contributed by atoms with Gasteiger partial charge in [0.15, 0.2) is 0 Å². The van der Waals surface area contributed by atoms with Crippen molar-refractivity contribution >= 4 is 41.4 Å². The highest BCUT2D eigenvalue weighted by molar-refractivity contribution is 7.10. The van der Waals surface area contributed by atoms with E-state index in [9.17, 15) is 4.79 Å². The minimum atomic E-state index is -0.570. The number of aryl methyl sites for hydroxylation is 1. The van der Waals surface area contributed by atoms with Crippen LogP contribution in [0.2, 0.25) is 5.15 Å². The number of carbonyl (C=O) groups excluding carboxylic acids is 2. The van der Waals surface area contributed by atoms with Crippen LogP contribution in [0, 0.1) is 6.92 Å². The number of anilines is 1. The van der Waals surface area contributed by atoms with Crippen LogP contribution in [0.5, 0.6) is 5.75 Å². The first kappa shape index (κ1) is 27.4. The maximum absolute atomic E-state index is 12.6. The van der Waals surface area contributed by atoms with Gasteiger partial charge in [0, 0.05) is 11.8 Å². The highest BCUT2D eigenvalue weighted by atomic mass is 35.5. The minimum Gasteiger partial charge on any atom is -0.490 e. The van der Waals surface area contributed by atoms with Gasteiger partial charge >= 0.3 is 6.09 Å². The van der Waals surface area contributed by atoms with E-state index in [4.69, 9.17) is 25.9 Å². The molecule has 3 aromatic rings. The predicted molar refractivity (Wildman–Crippen MR) is 141 cm³/mol. The summed E-state index contributed by atoms with van der Waals surface area (Å²) in [6.07, 6.45) is 6.80. The molecule has 10 heteroatoms. The number of aromatic nitrogens is 2. The van der Waals surface area contributed by atoms with Crippen molar-refractivity contribution in [3.63, 3.8) is 0 Å². The zero-order valence-corrected chi connectivity index (χ0v) is 22.1. The lowest BCUT2D eigenvalue weighted by Crippen LogP contribution is -2.19. The van der Waals surface area contributed by atoms with Gasteiger partial charge in [0.25, 0.3) is 6.47 Å². The van der Waals surface area contributed by atoms with Gasteiger partial charge in [0.2, 0.25) is 0 Å². The molecule has 1 aliphatic rings. The highest BCUT2D eigenvalue weighted by Gasteiger charge is 2.20. The smallest absolute Gasteiger partial charge is 0.412 e. The van der Waals surface area contributed by atoms with Gasteiger partial charge in [0.1, 0.15) is 17.0 Å². The quantitative estimate of drug-likeness (QED) is 0.259. The van der Waals surface area contributed by atoms with Crippen molar-refractivity contribution in [3.05, 3.63) is 59.0 Å². The highest BCUT2D eigenvalue weighted by Crippen LogP contribution is 2.36. The zero-order chi connectivity index (χ0) is 25.9. The van der Waals surface area contributed by atoms with Crippen LogP contribution in [-0.2, 0) is 14.3 Å². The summed E-state index contributed by atoms with van der Waals surface area (Å²) in [7, 11) is 1.31. The SMILES string of the molecule is COC=O.Cc1nsc(-c2ccc(OC3CCCCC3)cc2)c1NC(=O)OC(C)c1cccnc1Cl. The maximum atomic E-state index is 12.6. The van der Waals surface area contributed by atoms with E-state index in [1.165, 1.54) is 37.9 Å². The Hall–Kier alpha value is -3.17. The fourth-order valence-electron chi connectivity index (χ4n) is 3.83. The second-order valence-corrected chi connectivity index (χ2v) is 9.39. The number of hydrogen-bond acceptors (Lipinski definition) is 8. The third kappa shape index (κ3) is 7.66. The van der Waals surface area contributed by atoms with E-state index >= 15 is 0 Å². The van der Waals surface area contributed by atoms with E-state index in [1.807, 2.05) is 31.2 Å². The predicted octanol–water partition coefficient (Wildman–Crippen LogP) is 6.98. The summed E-state index contributed by atoms with van der Waals surface area (Å²) in [6.45, 7) is 3.99. The van der Waals surface area contributed by atoms with Crippen molar-refractivity contribution in [1.29, 1.82) is 0 Å². The summed E-state index contributed by atoms with van der Waals surface area (Å²) in [4.78, 5) is 26.4. The number of amides is 1. The lowest BCUT2D eigenvalue weighted by atomic mass is 9.98. The molecule has 192 valence electrons. The Morgan fingerprint density at radius 1 is 1.19 bits per heavy atom. The molecule has 0 spiro atoms. The topological polar surface area (TPSA) is 99.6 Å². The number of carbonyl (C=O) groups is 2. The number of benzene rings is 1. The molecule has 1 aromatic carbocycles. The van der Waals surface area contributed by atoms with Gasteiger partial charge in [-0.1, -0.05) is 24.1 Å². The van der Waals surface area contributed by atoms with E-state index in [0.717, 1.165) is 34.7 Å². The number of pyridine rings is 1. The molecule has 1 atom stereocenters. The van der Waals surface area contributed by atoms with Crippen LogP contribution >= 0.6 is 23.1 Å². The number of nitrogens with one attached hydrogen (secondary N) is 1. The molecule has 0 aliphatic heterocycles. The second-order valence-electron chi connectivity index (χ2n) is 8.26. The summed E-state index contributed by atoms with van der Waals surface area (Å²) >= 11 is 7.45. The van der Waals surface area contributed by atoms with E-state index in [0.29, 0.717) is 29.0 Å². The molecule has 8 nitrogen and oxygen atoms in total. The summed E-state index contributed by atoms with van der Waals surface area (Å²) in [5, 5.41) is 3.17. The summed E-state index contributed by atoms with van der Waals surface area (Å²) in [6, 6.07) is 11.5. The average molecular weight is 532 g/mol. The third-order valence-corrected chi connectivity index (χ3v) is 6.97. The van der Waals surface area contributed by atoms with Crippen molar-refractivity contribution in [1.82, 2.24) is 9.36 Å². The third-order valence-electron chi connectivity index (χ3n) is 5.67. The average Bonchev–Trinajstić information content (AvgIpc) is 3.25. The van der Waals surface area contributed by atoms with Crippen molar-refractivity contribution in [2.75, 3.05) is 12.4 Å². The molecule has 4 rings (SSSR count). The summed E-state index contributed by atoms with van der Waals surface area (Å²) in [5.74, 6) is 0.873. The van der Waals surface area contributed by atoms with E-state index < -0.39 is 12.2 Å². The van der Waals surface area contributed by atoms with Crippen LogP contribution in [0.3, 0.4) is 0 Å². The fourth-order valence-corrected chi connectivity index (χ4v) is 4.96. The Morgan fingerprint density at radius 3 is 2.53 bits per heavy atom. The normalized spacial score (nSPS) is 14.1. The number of ether oxygens (including phenoxy) is 3. The van der Waals surface area contributed by atoms with Crippen LogP contribution in [-0.4, -0.2) is 35.1 Å². The summed E-state index contributed by atoms with van der Waals surface area (Å²) in [5.41, 5.74) is 2.99. The van der Waals surface area contributed by atoms with Crippen LogP contribution in [0.15, 0.2) is 42.6 Å². The Kier molecular flexibility index (Phi) is 10.5. The molecule has 36 heavy (non-hydrogen) atoms. The molecule has 0 saturated heterocycles. The molecule has 1 aliphatic carbocycles. The van der Waals surface area contributed by atoms with Crippen molar-refractivity contribution in [3.8, 4) is 16.2 Å². The Bertz CT molecular complexity index is 1130. The number of halogens is 1. The standard InChI is InChI=1S/C24H26ClN3O3S.C2H4O2/c1-15-21(27-24(29)30-16(2)20-9-6-14-26-23(20)25)22(32-28-15)17-10-12-19(13-11-17)31-18-7-4-3-5-8-18;1-4-2-3/h6,9-14,16,18H,3-5,7-8H2,1-2H3,(H,27,29);2H,1H3. The molecule has 1 unspecified atom stereocenters. The molecule has 1 fully saturated rings. The lowest BCUT2D eigenvalue weighted by molar-refractivity contribution is -0.126. The molecular weight excluding hydrogens is 502 g/mol. The number of methoxy groups -OCH3 is 1. The largest absolute Gasteiger partial charge is 0.490 e. The van der Waals surface area contributed by atoms with Gasteiger partial charge in [-0.15, -0.1) is 0 Å². The van der Waals surface area contributed by atoms with Gasteiger partial charge in [-0.2, -0.15) is 4.37 Å². The van der Waals surface area contributed by atoms with Crippen LogP contribution < -0.4 is 10.1 Å². The van der Waals surface area contributed by atoms with E-state index in [2.05, 4.69) is 19.4 Å². The second kappa shape index (κ2) is 13.8. The maximum Gasteiger partial charge on any atom is 0.412 e. The zero-order valence-electron chi connectivity index (χ0n) is 20.5. The molecular formula is C26H30ClN3O5S. The molecule has 1 amide bonds. The fraction of sp³-hybridized carbons (Fsp3) is 0.385. The van der Waals surface area contributed by atoms with Crippen LogP contribution in [0.1, 0.15) is 56.4 Å². The monoisotopic (exact) mass is 531 g/mol. The molecule has 1 saturated carbocycles. The first-order valence-electron chi connectivity index (χ1n) is 11.7. The van der Waals surface area contributed by atoms with Crippen molar-refractivity contribution in [2.45, 2.75) is 58.2 Å². The minimum absolute atomic E-state index is 0.308. The van der Waals surface area contributed by atoms with Gasteiger partial charge in [-0.25, -0.2) is 9.78 Å².